The molecule has 0 radical (unpaired) electrons. The highest BCUT2D eigenvalue weighted by atomic mass is 16.6. The third-order valence-corrected chi connectivity index (χ3v) is 6.68. The molecule has 0 atom stereocenters. The topological polar surface area (TPSA) is 150 Å². The van der Waals surface area contributed by atoms with E-state index in [1.807, 2.05) is 0 Å². The molecule has 5 aromatic rings. The van der Waals surface area contributed by atoms with Crippen molar-refractivity contribution in [3.8, 4) is 5.75 Å². The Morgan fingerprint density at radius 1 is 0.625 bits per heavy atom. The molecule has 0 spiro atoms. The van der Waals surface area contributed by atoms with Crippen LogP contribution in [0.15, 0.2) is 84.9 Å². The van der Waals surface area contributed by atoms with Crippen LogP contribution in [0, 0.1) is 44.2 Å². The molecule has 5 aromatic carbocycles. The Bertz CT molecular complexity index is 1730. The molecule has 202 valence electrons. The number of non-ortho nitro benzene ring substituents is 1. The highest BCUT2D eigenvalue weighted by molar-refractivity contribution is 5.89. The van der Waals surface area contributed by atoms with E-state index in [-0.39, 0.29) is 0 Å². The fourth-order valence-electron chi connectivity index (χ4n) is 4.66. The standard InChI is InChI=1S/C24H22.C6H3N3O7/c1-17-12-13-20-7-4-8-21(24(20)16-17)15-14-19-9-5-10-22-18(2)6-3-11-23(19)22;10-6-4(8(13)14)1-3(7(11)12)2-5(6)9(15)16/h3-13,16H,14-15H2,1-2H3;1-2,10H. The van der Waals surface area contributed by atoms with E-state index in [0.717, 1.165) is 12.8 Å². The molecule has 0 saturated carbocycles. The molecule has 40 heavy (non-hydrogen) atoms. The zero-order chi connectivity index (χ0) is 29.0. The molecule has 0 aliphatic heterocycles. The van der Waals surface area contributed by atoms with Crippen LogP contribution in [0.4, 0.5) is 17.1 Å². The molecule has 0 saturated heterocycles. The van der Waals surface area contributed by atoms with Crippen LogP contribution >= 0.6 is 0 Å². The second kappa shape index (κ2) is 11.6. The van der Waals surface area contributed by atoms with Gasteiger partial charge in [0.25, 0.3) is 11.4 Å². The Hall–Kier alpha value is -5.38. The van der Waals surface area contributed by atoms with Gasteiger partial charge in [-0.25, -0.2) is 0 Å². The van der Waals surface area contributed by atoms with Crippen molar-refractivity contribution in [2.24, 2.45) is 0 Å². The first kappa shape index (κ1) is 27.6. The van der Waals surface area contributed by atoms with Crippen LogP contribution in [0.5, 0.6) is 5.75 Å². The number of hydrogen-bond acceptors (Lipinski definition) is 7. The minimum Gasteiger partial charge on any atom is -0.497 e. The molecule has 5 rings (SSSR count). The maximum Gasteiger partial charge on any atom is 0.324 e. The van der Waals surface area contributed by atoms with Crippen LogP contribution in [0.2, 0.25) is 0 Å². The van der Waals surface area contributed by atoms with Crippen LogP contribution in [-0.4, -0.2) is 19.9 Å². The monoisotopic (exact) mass is 539 g/mol. The largest absolute Gasteiger partial charge is 0.497 e. The lowest BCUT2D eigenvalue weighted by Crippen LogP contribution is -1.97. The summed E-state index contributed by atoms with van der Waals surface area (Å²) in [5.74, 6) is -1.21. The number of phenols is 1. The summed E-state index contributed by atoms with van der Waals surface area (Å²) in [7, 11) is 0. The number of aryl methyl sites for hydroxylation is 4. The van der Waals surface area contributed by atoms with Gasteiger partial charge in [-0.2, -0.15) is 0 Å². The molecule has 0 aromatic heterocycles. The molecule has 0 unspecified atom stereocenters. The normalized spacial score (nSPS) is 10.7. The second-order valence-electron chi connectivity index (χ2n) is 9.33. The molecule has 0 bridgehead atoms. The number of benzene rings is 5. The van der Waals surface area contributed by atoms with Gasteiger partial charge in [0.1, 0.15) is 0 Å². The SMILES string of the molecule is Cc1ccc2cccc(CCc3cccc4c(C)cccc34)c2c1.O=[N+]([O-])c1cc([N+](=O)[O-])c(O)c([N+](=O)[O-])c1. The van der Waals surface area contributed by atoms with Gasteiger partial charge in [-0.1, -0.05) is 78.4 Å². The predicted octanol–water partition coefficient (Wildman–Crippen LogP) is 7.51. The average Bonchev–Trinajstić information content (AvgIpc) is 2.92. The molecule has 0 fully saturated rings. The van der Waals surface area contributed by atoms with Gasteiger partial charge >= 0.3 is 11.4 Å². The number of aromatic hydroxyl groups is 1. The van der Waals surface area contributed by atoms with Crippen LogP contribution in [0.3, 0.4) is 0 Å². The van der Waals surface area contributed by atoms with E-state index in [9.17, 15) is 30.3 Å². The summed E-state index contributed by atoms with van der Waals surface area (Å²) >= 11 is 0. The van der Waals surface area contributed by atoms with E-state index in [0.29, 0.717) is 12.1 Å². The Morgan fingerprint density at radius 2 is 1.18 bits per heavy atom. The van der Waals surface area contributed by atoms with Crippen molar-refractivity contribution >= 4 is 38.6 Å². The van der Waals surface area contributed by atoms with Gasteiger partial charge in [0.2, 0.25) is 0 Å². The Morgan fingerprint density at radius 3 is 1.77 bits per heavy atom. The Labute approximate surface area is 228 Å². The number of nitro groups is 3. The van der Waals surface area contributed by atoms with Crippen molar-refractivity contribution in [2.75, 3.05) is 0 Å². The minimum atomic E-state index is -1.21. The van der Waals surface area contributed by atoms with E-state index in [2.05, 4.69) is 86.6 Å². The number of nitro benzene ring substituents is 3. The Kier molecular flexibility index (Phi) is 7.99. The Balaban J connectivity index is 0.000000202. The van der Waals surface area contributed by atoms with Crippen molar-refractivity contribution in [1.82, 2.24) is 0 Å². The van der Waals surface area contributed by atoms with Crippen molar-refractivity contribution in [2.45, 2.75) is 26.7 Å². The zero-order valence-electron chi connectivity index (χ0n) is 21.7. The summed E-state index contributed by atoms with van der Waals surface area (Å²) in [6.45, 7) is 4.36. The first-order valence-electron chi connectivity index (χ1n) is 12.3. The van der Waals surface area contributed by atoms with Crippen molar-refractivity contribution in [3.05, 3.63) is 138 Å². The molecule has 0 aliphatic rings. The van der Waals surface area contributed by atoms with Crippen LogP contribution < -0.4 is 0 Å². The zero-order valence-corrected chi connectivity index (χ0v) is 21.7. The first-order valence-corrected chi connectivity index (χ1v) is 12.3. The fraction of sp³-hybridized carbons (Fsp3) is 0.133. The van der Waals surface area contributed by atoms with Crippen molar-refractivity contribution in [1.29, 1.82) is 0 Å². The van der Waals surface area contributed by atoms with Gasteiger partial charge in [-0.05, 0) is 64.9 Å². The lowest BCUT2D eigenvalue weighted by atomic mass is 9.94. The van der Waals surface area contributed by atoms with E-state index in [1.165, 1.54) is 43.8 Å². The van der Waals surface area contributed by atoms with E-state index < -0.39 is 37.6 Å². The highest BCUT2D eigenvalue weighted by Crippen LogP contribution is 2.39. The number of phenolic OH excluding ortho intramolecular Hbond substituents is 1. The molecule has 0 amide bonds. The second-order valence-corrected chi connectivity index (χ2v) is 9.33. The summed E-state index contributed by atoms with van der Waals surface area (Å²) < 4.78 is 0. The first-order chi connectivity index (χ1) is 19.1. The van der Waals surface area contributed by atoms with Gasteiger partial charge < -0.3 is 5.11 Å². The number of rotatable bonds is 6. The third-order valence-electron chi connectivity index (χ3n) is 6.68. The highest BCUT2D eigenvalue weighted by Gasteiger charge is 2.30. The summed E-state index contributed by atoms with van der Waals surface area (Å²) in [6, 6.07) is 27.6. The maximum absolute atomic E-state index is 10.4. The lowest BCUT2D eigenvalue weighted by molar-refractivity contribution is -0.404. The van der Waals surface area contributed by atoms with Crippen molar-refractivity contribution < 1.29 is 19.9 Å². The molecule has 10 nitrogen and oxygen atoms in total. The van der Waals surface area contributed by atoms with Gasteiger partial charge in [0.05, 0.1) is 26.9 Å². The smallest absolute Gasteiger partial charge is 0.324 e. The predicted molar refractivity (Wildman–Crippen MR) is 153 cm³/mol. The fourth-order valence-corrected chi connectivity index (χ4v) is 4.66. The van der Waals surface area contributed by atoms with Crippen molar-refractivity contribution in [3.63, 3.8) is 0 Å². The van der Waals surface area contributed by atoms with Crippen LogP contribution in [0.25, 0.3) is 21.5 Å². The minimum absolute atomic E-state index is 0.447. The summed E-state index contributed by atoms with van der Waals surface area (Å²) in [4.78, 5) is 27.8. The molecule has 1 N–H and O–H groups in total. The van der Waals surface area contributed by atoms with Gasteiger partial charge in [-0.15, -0.1) is 0 Å². The number of fused-ring (bicyclic) bond motifs is 2. The van der Waals surface area contributed by atoms with Crippen LogP contribution in [-0.2, 0) is 12.8 Å². The van der Waals surface area contributed by atoms with E-state index >= 15 is 0 Å². The van der Waals surface area contributed by atoms with E-state index in [4.69, 9.17) is 5.11 Å². The van der Waals surface area contributed by atoms with Crippen LogP contribution in [0.1, 0.15) is 22.3 Å². The maximum atomic E-state index is 10.4. The third kappa shape index (κ3) is 5.86. The quantitative estimate of drug-likeness (QED) is 0.173. The summed E-state index contributed by atoms with van der Waals surface area (Å²) in [5.41, 5.74) is 2.57. The molecule has 0 heterocycles. The number of nitrogens with zero attached hydrogens (tertiary/aromatic N) is 3. The lowest BCUT2D eigenvalue weighted by Gasteiger charge is -2.11. The molecular weight excluding hydrogens is 514 g/mol. The number of hydrogen-bond donors (Lipinski definition) is 1. The molecule has 0 aliphatic carbocycles. The molecular formula is C30H25N3O7. The summed E-state index contributed by atoms with van der Waals surface area (Å²) in [5, 5.41) is 45.7. The van der Waals surface area contributed by atoms with Gasteiger partial charge in [0.15, 0.2) is 0 Å². The average molecular weight is 540 g/mol. The van der Waals surface area contributed by atoms with Gasteiger partial charge in [-0.3, -0.25) is 30.3 Å². The summed E-state index contributed by atoms with van der Waals surface area (Å²) in [6.07, 6.45) is 2.15. The van der Waals surface area contributed by atoms with Gasteiger partial charge in [0, 0.05) is 0 Å². The molecule has 10 heteroatoms. The van der Waals surface area contributed by atoms with E-state index in [1.54, 1.807) is 0 Å².